The first-order valence-electron chi connectivity index (χ1n) is 6.65. The molecule has 0 unspecified atom stereocenters. The molecule has 0 saturated heterocycles. The highest BCUT2D eigenvalue weighted by molar-refractivity contribution is 7.09. The molecule has 1 aliphatic rings. The van der Waals surface area contributed by atoms with Crippen molar-refractivity contribution < 1.29 is 14.7 Å². The molecule has 2 N–H and O–H groups in total. The standard InChI is InChI=1S/C15H14N2O3S/c18-14(11-6-10(11)9-4-2-1-3-5-9)16-7-13-17-12(8-21-13)15(19)20/h1-5,8,10-11H,6-7H2,(H,16,18)(H,19,20)/t10-,11+/m0/s1. The van der Waals surface area contributed by atoms with Crippen molar-refractivity contribution in [2.24, 2.45) is 5.92 Å². The van der Waals surface area contributed by atoms with Crippen molar-refractivity contribution >= 4 is 23.2 Å². The molecule has 5 nitrogen and oxygen atoms in total. The van der Waals surface area contributed by atoms with Gasteiger partial charge in [0.1, 0.15) is 5.01 Å². The average Bonchev–Trinajstić information content (AvgIpc) is 3.15. The lowest BCUT2D eigenvalue weighted by Crippen LogP contribution is -2.24. The van der Waals surface area contributed by atoms with Gasteiger partial charge in [0.15, 0.2) is 5.69 Å². The summed E-state index contributed by atoms with van der Waals surface area (Å²) in [5, 5.41) is 13.7. The largest absolute Gasteiger partial charge is 0.476 e. The minimum atomic E-state index is -1.05. The van der Waals surface area contributed by atoms with Crippen LogP contribution in [0.4, 0.5) is 0 Å². The Morgan fingerprint density at radius 3 is 2.76 bits per heavy atom. The van der Waals surface area contributed by atoms with Crippen LogP contribution >= 0.6 is 11.3 Å². The lowest BCUT2D eigenvalue weighted by molar-refractivity contribution is -0.122. The van der Waals surface area contributed by atoms with Crippen molar-refractivity contribution in [3.05, 3.63) is 52.0 Å². The van der Waals surface area contributed by atoms with Gasteiger partial charge in [-0.1, -0.05) is 30.3 Å². The SMILES string of the molecule is O=C(O)c1csc(CNC(=O)[C@@H]2C[C@H]2c2ccccc2)n1. The Morgan fingerprint density at radius 2 is 2.10 bits per heavy atom. The van der Waals surface area contributed by atoms with E-state index < -0.39 is 5.97 Å². The second kappa shape index (κ2) is 5.65. The van der Waals surface area contributed by atoms with Crippen LogP contribution in [0, 0.1) is 5.92 Å². The lowest BCUT2D eigenvalue weighted by atomic mass is 10.1. The van der Waals surface area contributed by atoms with Crippen LogP contribution in [0.15, 0.2) is 35.7 Å². The molecule has 1 heterocycles. The zero-order valence-corrected chi connectivity index (χ0v) is 12.0. The van der Waals surface area contributed by atoms with Crippen LogP contribution < -0.4 is 5.32 Å². The number of nitrogens with zero attached hydrogens (tertiary/aromatic N) is 1. The summed E-state index contributed by atoms with van der Waals surface area (Å²) in [4.78, 5) is 26.7. The molecule has 108 valence electrons. The van der Waals surface area contributed by atoms with E-state index in [4.69, 9.17) is 5.11 Å². The second-order valence-electron chi connectivity index (χ2n) is 5.01. The Morgan fingerprint density at radius 1 is 1.33 bits per heavy atom. The fraction of sp³-hybridized carbons (Fsp3) is 0.267. The van der Waals surface area contributed by atoms with Crippen LogP contribution in [0.25, 0.3) is 0 Å². The van der Waals surface area contributed by atoms with Crippen LogP contribution in [0.3, 0.4) is 0 Å². The molecule has 2 atom stereocenters. The fourth-order valence-corrected chi connectivity index (χ4v) is 3.05. The molecule has 1 amide bonds. The highest BCUT2D eigenvalue weighted by atomic mass is 32.1. The molecule has 21 heavy (non-hydrogen) atoms. The number of rotatable bonds is 5. The number of aromatic carboxylic acids is 1. The smallest absolute Gasteiger partial charge is 0.355 e. The predicted octanol–water partition coefficient (Wildman–Crippen LogP) is 2.26. The zero-order valence-electron chi connectivity index (χ0n) is 11.2. The topological polar surface area (TPSA) is 79.3 Å². The van der Waals surface area contributed by atoms with E-state index >= 15 is 0 Å². The van der Waals surface area contributed by atoms with Crippen LogP contribution in [0.1, 0.15) is 33.4 Å². The van der Waals surface area contributed by atoms with Crippen molar-refractivity contribution in [2.75, 3.05) is 0 Å². The summed E-state index contributed by atoms with van der Waals surface area (Å²) in [6.45, 7) is 0.286. The lowest BCUT2D eigenvalue weighted by Gasteiger charge is -2.03. The van der Waals surface area contributed by atoms with E-state index in [2.05, 4.69) is 10.3 Å². The van der Waals surface area contributed by atoms with Crippen molar-refractivity contribution in [1.82, 2.24) is 10.3 Å². The predicted molar refractivity (Wildman–Crippen MR) is 78.2 cm³/mol. The first-order chi connectivity index (χ1) is 10.1. The van der Waals surface area contributed by atoms with Crippen molar-refractivity contribution in [1.29, 1.82) is 0 Å². The van der Waals surface area contributed by atoms with Crippen molar-refractivity contribution in [3.8, 4) is 0 Å². The molecule has 0 aliphatic heterocycles. The summed E-state index contributed by atoms with van der Waals surface area (Å²) >= 11 is 1.24. The van der Waals surface area contributed by atoms with E-state index in [1.807, 2.05) is 30.3 Å². The van der Waals surface area contributed by atoms with E-state index in [1.165, 1.54) is 22.3 Å². The highest BCUT2D eigenvalue weighted by Crippen LogP contribution is 2.47. The maximum absolute atomic E-state index is 12.1. The molecule has 0 spiro atoms. The molecule has 2 aromatic rings. The molecule has 1 aromatic heterocycles. The number of hydrogen-bond acceptors (Lipinski definition) is 4. The van der Waals surface area contributed by atoms with E-state index in [-0.39, 0.29) is 24.1 Å². The number of aromatic nitrogens is 1. The Balaban J connectivity index is 1.52. The molecule has 1 aromatic carbocycles. The van der Waals surface area contributed by atoms with Gasteiger partial charge in [0.05, 0.1) is 6.54 Å². The summed E-state index contributed by atoms with van der Waals surface area (Å²) in [7, 11) is 0. The zero-order chi connectivity index (χ0) is 14.8. The number of benzene rings is 1. The van der Waals surface area contributed by atoms with Gasteiger partial charge in [0.2, 0.25) is 5.91 Å². The van der Waals surface area contributed by atoms with E-state index in [9.17, 15) is 9.59 Å². The number of carbonyl (C=O) groups excluding carboxylic acids is 1. The minimum Gasteiger partial charge on any atom is -0.476 e. The van der Waals surface area contributed by atoms with Gasteiger partial charge in [0.25, 0.3) is 0 Å². The van der Waals surface area contributed by atoms with Gasteiger partial charge in [-0.15, -0.1) is 11.3 Å². The van der Waals surface area contributed by atoms with Gasteiger partial charge in [-0.25, -0.2) is 9.78 Å². The summed E-state index contributed by atoms with van der Waals surface area (Å²) in [5.74, 6) is -0.713. The van der Waals surface area contributed by atoms with Crippen LogP contribution in [0.5, 0.6) is 0 Å². The first kappa shape index (κ1) is 13.8. The second-order valence-corrected chi connectivity index (χ2v) is 5.95. The summed E-state index contributed by atoms with van der Waals surface area (Å²) < 4.78 is 0. The monoisotopic (exact) mass is 302 g/mol. The molecule has 1 fully saturated rings. The first-order valence-corrected chi connectivity index (χ1v) is 7.53. The van der Waals surface area contributed by atoms with Crippen molar-refractivity contribution in [2.45, 2.75) is 18.9 Å². The van der Waals surface area contributed by atoms with E-state index in [0.717, 1.165) is 6.42 Å². The minimum absolute atomic E-state index is 0.0101. The van der Waals surface area contributed by atoms with Gasteiger partial charge in [-0.05, 0) is 17.9 Å². The third-order valence-corrected chi connectivity index (χ3v) is 4.39. The van der Waals surface area contributed by atoms with Crippen molar-refractivity contribution in [3.63, 3.8) is 0 Å². The quantitative estimate of drug-likeness (QED) is 0.888. The van der Waals surface area contributed by atoms with Gasteiger partial charge in [0, 0.05) is 11.3 Å². The van der Waals surface area contributed by atoms with E-state index in [1.54, 1.807) is 0 Å². The number of thiazole rings is 1. The number of hydrogen-bond donors (Lipinski definition) is 2. The molecule has 3 rings (SSSR count). The molecule has 6 heteroatoms. The Kier molecular flexibility index (Phi) is 3.70. The Bertz CT molecular complexity index is 669. The van der Waals surface area contributed by atoms with Crippen LogP contribution in [-0.4, -0.2) is 22.0 Å². The number of nitrogens with one attached hydrogen (secondary N) is 1. The number of carboxylic acid groups (broad SMARTS) is 1. The molecule has 0 radical (unpaired) electrons. The highest BCUT2D eigenvalue weighted by Gasteiger charge is 2.43. The maximum atomic E-state index is 12.1. The van der Waals surface area contributed by atoms with Crippen LogP contribution in [0.2, 0.25) is 0 Å². The maximum Gasteiger partial charge on any atom is 0.355 e. The Hall–Kier alpha value is -2.21. The number of carbonyl (C=O) groups is 2. The van der Waals surface area contributed by atoms with Crippen LogP contribution in [-0.2, 0) is 11.3 Å². The molecule has 1 saturated carbocycles. The molecular weight excluding hydrogens is 288 g/mol. The third kappa shape index (κ3) is 3.11. The third-order valence-electron chi connectivity index (χ3n) is 3.54. The van der Waals surface area contributed by atoms with Gasteiger partial charge in [-0.3, -0.25) is 4.79 Å². The van der Waals surface area contributed by atoms with Gasteiger partial charge < -0.3 is 10.4 Å². The van der Waals surface area contributed by atoms with E-state index in [0.29, 0.717) is 10.9 Å². The Labute approximate surface area is 125 Å². The number of amides is 1. The fourth-order valence-electron chi connectivity index (χ4n) is 2.34. The summed E-state index contributed by atoms with van der Waals surface area (Å²) in [6, 6.07) is 10.00. The summed E-state index contributed by atoms with van der Waals surface area (Å²) in [6.07, 6.45) is 0.869. The number of carboxylic acids is 1. The normalized spacial score (nSPS) is 20.0. The average molecular weight is 302 g/mol. The molecular formula is C15H14N2O3S. The molecule has 0 bridgehead atoms. The van der Waals surface area contributed by atoms with Gasteiger partial charge >= 0.3 is 5.97 Å². The molecule has 1 aliphatic carbocycles. The van der Waals surface area contributed by atoms with Gasteiger partial charge in [-0.2, -0.15) is 0 Å². The summed E-state index contributed by atoms with van der Waals surface area (Å²) in [5.41, 5.74) is 1.22.